The normalized spacial score (nSPS) is 21.0. The highest BCUT2D eigenvalue weighted by Crippen LogP contribution is 2.30. The number of amides is 1. The summed E-state index contributed by atoms with van der Waals surface area (Å²) in [5, 5.41) is 3.28. The second kappa shape index (κ2) is 7.66. The van der Waals surface area contributed by atoms with E-state index < -0.39 is 0 Å². The SMILES string of the molecule is CN(CC1COc2ccccc2O1)C(=O)COC1CCNCC1. The van der Waals surface area contributed by atoms with Gasteiger partial charge in [0.25, 0.3) is 0 Å². The van der Waals surface area contributed by atoms with Gasteiger partial charge in [-0.1, -0.05) is 12.1 Å². The van der Waals surface area contributed by atoms with E-state index in [1.54, 1.807) is 11.9 Å². The Balaban J connectivity index is 1.43. The van der Waals surface area contributed by atoms with Crippen molar-refractivity contribution in [3.8, 4) is 11.5 Å². The van der Waals surface area contributed by atoms with Crippen LogP contribution in [0, 0.1) is 0 Å². The first-order valence-electron chi connectivity index (χ1n) is 8.17. The minimum absolute atomic E-state index is 0.0222. The number of benzene rings is 1. The Morgan fingerprint density at radius 2 is 2.04 bits per heavy atom. The third-order valence-corrected chi connectivity index (χ3v) is 4.20. The van der Waals surface area contributed by atoms with Crippen LogP contribution in [0.5, 0.6) is 11.5 Å². The number of piperidine rings is 1. The van der Waals surface area contributed by atoms with Gasteiger partial charge >= 0.3 is 0 Å². The number of para-hydroxylation sites is 2. The number of carbonyl (C=O) groups excluding carboxylic acids is 1. The maximum atomic E-state index is 12.2. The zero-order valence-electron chi connectivity index (χ0n) is 13.5. The molecule has 1 unspecified atom stereocenters. The molecular formula is C17H24N2O4. The monoisotopic (exact) mass is 320 g/mol. The molecule has 0 bridgehead atoms. The van der Waals surface area contributed by atoms with Gasteiger partial charge in [-0.2, -0.15) is 0 Å². The molecule has 23 heavy (non-hydrogen) atoms. The number of nitrogens with zero attached hydrogens (tertiary/aromatic N) is 1. The summed E-state index contributed by atoms with van der Waals surface area (Å²) >= 11 is 0. The van der Waals surface area contributed by atoms with Gasteiger partial charge in [0.15, 0.2) is 17.6 Å². The Hall–Kier alpha value is -1.79. The first-order chi connectivity index (χ1) is 11.2. The molecule has 1 fully saturated rings. The average molecular weight is 320 g/mol. The molecule has 3 rings (SSSR count). The molecule has 0 spiro atoms. The number of carbonyl (C=O) groups is 1. The van der Waals surface area contributed by atoms with Crippen LogP contribution in [-0.4, -0.2) is 62.9 Å². The topological polar surface area (TPSA) is 60.0 Å². The summed E-state index contributed by atoms with van der Waals surface area (Å²) in [5.41, 5.74) is 0. The highest BCUT2D eigenvalue weighted by Gasteiger charge is 2.24. The largest absolute Gasteiger partial charge is 0.486 e. The second-order valence-electron chi connectivity index (χ2n) is 6.03. The molecule has 1 aromatic rings. The Morgan fingerprint density at radius 1 is 1.30 bits per heavy atom. The molecule has 2 heterocycles. The summed E-state index contributed by atoms with van der Waals surface area (Å²) < 4.78 is 17.3. The van der Waals surface area contributed by atoms with Crippen LogP contribution in [0.2, 0.25) is 0 Å². The highest BCUT2D eigenvalue weighted by atomic mass is 16.6. The predicted octanol–water partition coefficient (Wildman–Crippen LogP) is 1.05. The first-order valence-corrected chi connectivity index (χ1v) is 8.17. The Morgan fingerprint density at radius 3 is 2.83 bits per heavy atom. The quantitative estimate of drug-likeness (QED) is 0.879. The summed E-state index contributed by atoms with van der Waals surface area (Å²) in [6, 6.07) is 7.58. The van der Waals surface area contributed by atoms with Crippen LogP contribution in [0.1, 0.15) is 12.8 Å². The predicted molar refractivity (Wildman–Crippen MR) is 85.8 cm³/mol. The maximum Gasteiger partial charge on any atom is 0.248 e. The Labute approximate surface area is 136 Å². The van der Waals surface area contributed by atoms with Gasteiger partial charge in [0, 0.05) is 7.05 Å². The van der Waals surface area contributed by atoms with E-state index in [1.165, 1.54) is 0 Å². The Kier molecular flexibility index (Phi) is 5.35. The zero-order valence-corrected chi connectivity index (χ0v) is 13.5. The molecule has 1 atom stereocenters. The summed E-state index contributed by atoms with van der Waals surface area (Å²) in [7, 11) is 1.78. The summed E-state index contributed by atoms with van der Waals surface area (Å²) in [6.07, 6.45) is 1.97. The van der Waals surface area contributed by atoms with Crippen molar-refractivity contribution in [2.45, 2.75) is 25.0 Å². The molecule has 0 saturated carbocycles. The van der Waals surface area contributed by atoms with E-state index in [2.05, 4.69) is 5.32 Å². The number of fused-ring (bicyclic) bond motifs is 1. The minimum atomic E-state index is -0.155. The molecule has 1 N–H and O–H groups in total. The van der Waals surface area contributed by atoms with Crippen molar-refractivity contribution < 1.29 is 19.0 Å². The van der Waals surface area contributed by atoms with Gasteiger partial charge in [0.2, 0.25) is 5.91 Å². The zero-order chi connectivity index (χ0) is 16.1. The van der Waals surface area contributed by atoms with Gasteiger partial charge in [0.05, 0.1) is 12.6 Å². The van der Waals surface area contributed by atoms with Gasteiger partial charge in [-0.15, -0.1) is 0 Å². The van der Waals surface area contributed by atoms with Gasteiger partial charge < -0.3 is 24.4 Å². The number of ether oxygens (including phenoxy) is 3. The molecule has 2 aliphatic rings. The lowest BCUT2D eigenvalue weighted by molar-refractivity contribution is -0.138. The van der Waals surface area contributed by atoms with Crippen molar-refractivity contribution in [1.82, 2.24) is 10.2 Å². The van der Waals surface area contributed by atoms with Crippen molar-refractivity contribution in [2.24, 2.45) is 0 Å². The van der Waals surface area contributed by atoms with Crippen LogP contribution in [0.4, 0.5) is 0 Å². The summed E-state index contributed by atoms with van der Waals surface area (Å²) in [4.78, 5) is 13.8. The van der Waals surface area contributed by atoms with E-state index >= 15 is 0 Å². The summed E-state index contributed by atoms with van der Waals surface area (Å²) in [6.45, 7) is 2.99. The van der Waals surface area contributed by atoms with Gasteiger partial charge in [0.1, 0.15) is 13.2 Å². The van der Waals surface area contributed by atoms with Crippen molar-refractivity contribution >= 4 is 5.91 Å². The van der Waals surface area contributed by atoms with Crippen LogP contribution in [-0.2, 0) is 9.53 Å². The third kappa shape index (κ3) is 4.36. The lowest BCUT2D eigenvalue weighted by Gasteiger charge is -2.30. The summed E-state index contributed by atoms with van der Waals surface area (Å²) in [5.74, 6) is 1.47. The number of nitrogens with one attached hydrogen (secondary N) is 1. The van der Waals surface area contributed by atoms with E-state index in [1.807, 2.05) is 24.3 Å². The van der Waals surface area contributed by atoms with Crippen LogP contribution >= 0.6 is 0 Å². The van der Waals surface area contributed by atoms with E-state index in [9.17, 15) is 4.79 Å². The van der Waals surface area contributed by atoms with Gasteiger partial charge in [-0.25, -0.2) is 0 Å². The van der Waals surface area contributed by atoms with Gasteiger partial charge in [-0.05, 0) is 38.1 Å². The Bertz CT molecular complexity index is 531. The van der Waals surface area contributed by atoms with E-state index in [0.717, 1.165) is 37.4 Å². The third-order valence-electron chi connectivity index (χ3n) is 4.20. The average Bonchev–Trinajstić information content (AvgIpc) is 2.60. The molecule has 6 nitrogen and oxygen atoms in total. The van der Waals surface area contributed by atoms with E-state index in [-0.39, 0.29) is 24.7 Å². The number of hydrogen-bond donors (Lipinski definition) is 1. The molecule has 1 amide bonds. The van der Waals surface area contributed by atoms with Crippen molar-refractivity contribution in [3.05, 3.63) is 24.3 Å². The lowest BCUT2D eigenvalue weighted by Crippen LogP contribution is -2.43. The van der Waals surface area contributed by atoms with Crippen molar-refractivity contribution in [1.29, 1.82) is 0 Å². The van der Waals surface area contributed by atoms with E-state index in [4.69, 9.17) is 14.2 Å². The maximum absolute atomic E-state index is 12.2. The van der Waals surface area contributed by atoms with E-state index in [0.29, 0.717) is 13.2 Å². The first kappa shape index (κ1) is 16.1. The van der Waals surface area contributed by atoms with Crippen LogP contribution in [0.15, 0.2) is 24.3 Å². The number of hydrogen-bond acceptors (Lipinski definition) is 5. The number of rotatable bonds is 5. The van der Waals surface area contributed by atoms with Gasteiger partial charge in [-0.3, -0.25) is 4.79 Å². The number of likely N-dealkylation sites (N-methyl/N-ethyl adjacent to an activating group) is 1. The highest BCUT2D eigenvalue weighted by molar-refractivity contribution is 5.77. The fourth-order valence-corrected chi connectivity index (χ4v) is 2.82. The smallest absolute Gasteiger partial charge is 0.248 e. The molecule has 0 aliphatic carbocycles. The van der Waals surface area contributed by atoms with Crippen molar-refractivity contribution in [2.75, 3.05) is 39.9 Å². The molecule has 1 aromatic carbocycles. The molecule has 2 aliphatic heterocycles. The fraction of sp³-hybridized carbons (Fsp3) is 0.588. The molecule has 0 radical (unpaired) electrons. The molecule has 6 heteroatoms. The lowest BCUT2D eigenvalue weighted by atomic mass is 10.1. The standard InChI is InChI=1S/C17H24N2O4/c1-19(17(20)12-21-13-6-8-18-9-7-13)10-14-11-22-15-4-2-3-5-16(15)23-14/h2-5,13-14,18H,6-12H2,1H3. The van der Waals surface area contributed by atoms with Crippen molar-refractivity contribution in [3.63, 3.8) is 0 Å². The van der Waals surface area contributed by atoms with Crippen LogP contribution in [0.25, 0.3) is 0 Å². The minimum Gasteiger partial charge on any atom is -0.486 e. The molecule has 1 saturated heterocycles. The van der Waals surface area contributed by atoms with Crippen LogP contribution < -0.4 is 14.8 Å². The van der Waals surface area contributed by atoms with Crippen LogP contribution in [0.3, 0.4) is 0 Å². The second-order valence-corrected chi connectivity index (χ2v) is 6.03. The molecular weight excluding hydrogens is 296 g/mol. The molecule has 0 aromatic heterocycles. The fourth-order valence-electron chi connectivity index (χ4n) is 2.82. The molecule has 126 valence electrons.